The Morgan fingerprint density at radius 2 is 2.00 bits per heavy atom. The minimum Gasteiger partial charge on any atom is -0.493 e. The molecule has 0 aromatic heterocycles. The minimum absolute atomic E-state index is 0.197. The predicted molar refractivity (Wildman–Crippen MR) is 89.5 cm³/mol. The monoisotopic (exact) mass is 324 g/mol. The zero-order valence-electron chi connectivity index (χ0n) is 13.2. The second kappa shape index (κ2) is 9.01. The van der Waals surface area contributed by atoms with Gasteiger partial charge >= 0.3 is 0 Å². The van der Waals surface area contributed by atoms with Gasteiger partial charge in [-0.2, -0.15) is 0 Å². The van der Waals surface area contributed by atoms with Crippen molar-refractivity contribution in [2.45, 2.75) is 38.6 Å². The van der Waals surface area contributed by atoms with Crippen LogP contribution in [0.3, 0.4) is 0 Å². The molecular formula is C17H25ClN2O2. The second-order valence-electron chi connectivity index (χ2n) is 5.62. The first-order valence-electron chi connectivity index (χ1n) is 8.09. The van der Waals surface area contributed by atoms with Gasteiger partial charge in [0.25, 0.3) is 0 Å². The lowest BCUT2D eigenvalue weighted by Crippen LogP contribution is -2.46. The molecule has 4 nitrogen and oxygen atoms in total. The molecule has 1 aromatic carbocycles. The Labute approximate surface area is 137 Å². The van der Waals surface area contributed by atoms with Crippen LogP contribution in [0.5, 0.6) is 5.75 Å². The molecule has 1 amide bonds. The molecule has 1 aliphatic rings. The number of carbonyl (C=O) groups is 1. The maximum Gasteiger partial charge on any atom is 0.226 e. The molecule has 1 N–H and O–H groups in total. The summed E-state index contributed by atoms with van der Waals surface area (Å²) in [7, 11) is 0. The quantitative estimate of drug-likeness (QED) is 0.838. The molecule has 0 spiro atoms. The Kier molecular flexibility index (Phi) is 7.00. The Morgan fingerprint density at radius 3 is 2.64 bits per heavy atom. The Balaban J connectivity index is 1.81. The van der Waals surface area contributed by atoms with Gasteiger partial charge in [-0.1, -0.05) is 18.5 Å². The van der Waals surface area contributed by atoms with E-state index in [1.54, 1.807) is 12.1 Å². The van der Waals surface area contributed by atoms with E-state index >= 15 is 0 Å². The first kappa shape index (κ1) is 17.1. The summed E-state index contributed by atoms with van der Waals surface area (Å²) in [5, 5.41) is 4.03. The third kappa shape index (κ3) is 5.18. The molecule has 0 unspecified atom stereocenters. The molecule has 1 saturated heterocycles. The van der Waals surface area contributed by atoms with Crippen LogP contribution in [0.15, 0.2) is 24.3 Å². The fraction of sp³-hybridized carbons (Fsp3) is 0.588. The van der Waals surface area contributed by atoms with E-state index in [4.69, 9.17) is 16.3 Å². The Bertz CT molecular complexity index is 458. The molecule has 1 aliphatic heterocycles. The number of ether oxygens (including phenoxy) is 1. The summed E-state index contributed by atoms with van der Waals surface area (Å²) < 4.78 is 5.63. The van der Waals surface area contributed by atoms with Crippen LogP contribution < -0.4 is 10.1 Å². The molecular weight excluding hydrogens is 300 g/mol. The fourth-order valence-electron chi connectivity index (χ4n) is 2.80. The van der Waals surface area contributed by atoms with Crippen LogP contribution in [0.2, 0.25) is 5.02 Å². The van der Waals surface area contributed by atoms with E-state index < -0.39 is 0 Å². The summed E-state index contributed by atoms with van der Waals surface area (Å²) in [6, 6.07) is 7.60. The van der Waals surface area contributed by atoms with E-state index in [9.17, 15) is 4.79 Å². The zero-order valence-corrected chi connectivity index (χ0v) is 13.9. The first-order valence-corrected chi connectivity index (χ1v) is 8.47. The average Bonchev–Trinajstić information content (AvgIpc) is 2.55. The molecule has 1 fully saturated rings. The van der Waals surface area contributed by atoms with Gasteiger partial charge in [-0.15, -0.1) is 0 Å². The van der Waals surface area contributed by atoms with Crippen molar-refractivity contribution < 1.29 is 9.53 Å². The number of nitrogens with one attached hydrogen (secondary N) is 1. The fourth-order valence-corrected chi connectivity index (χ4v) is 2.93. The molecule has 2 rings (SSSR count). The lowest BCUT2D eigenvalue weighted by molar-refractivity contribution is -0.134. The molecule has 22 heavy (non-hydrogen) atoms. The van der Waals surface area contributed by atoms with Crippen LogP contribution in [0.1, 0.15) is 32.6 Å². The highest BCUT2D eigenvalue weighted by Gasteiger charge is 2.24. The number of hydrogen-bond acceptors (Lipinski definition) is 3. The number of hydrogen-bond donors (Lipinski definition) is 1. The van der Waals surface area contributed by atoms with Crippen molar-refractivity contribution in [3.8, 4) is 5.75 Å². The van der Waals surface area contributed by atoms with Crippen LogP contribution in [0.25, 0.3) is 0 Å². The predicted octanol–water partition coefficient (Wildman–Crippen LogP) is 3.10. The molecule has 1 aromatic rings. The summed E-state index contributed by atoms with van der Waals surface area (Å²) in [4.78, 5) is 14.5. The van der Waals surface area contributed by atoms with Crippen molar-refractivity contribution in [3.05, 3.63) is 29.3 Å². The van der Waals surface area contributed by atoms with Crippen LogP contribution in [-0.2, 0) is 4.79 Å². The highest BCUT2D eigenvalue weighted by Crippen LogP contribution is 2.17. The highest BCUT2D eigenvalue weighted by atomic mass is 35.5. The number of rotatable bonds is 7. The Hall–Kier alpha value is -1.26. The molecule has 0 radical (unpaired) electrons. The third-order valence-electron chi connectivity index (χ3n) is 3.93. The van der Waals surface area contributed by atoms with Crippen molar-refractivity contribution in [2.75, 3.05) is 26.2 Å². The largest absolute Gasteiger partial charge is 0.493 e. The number of halogens is 1. The van der Waals surface area contributed by atoms with E-state index in [1.807, 2.05) is 17.0 Å². The summed E-state index contributed by atoms with van der Waals surface area (Å²) in [5.41, 5.74) is 0. The van der Waals surface area contributed by atoms with E-state index in [0.29, 0.717) is 24.1 Å². The molecule has 1 heterocycles. The maximum atomic E-state index is 12.5. The minimum atomic E-state index is 0.197. The normalized spacial score (nSPS) is 15.5. The van der Waals surface area contributed by atoms with Crippen molar-refractivity contribution in [3.63, 3.8) is 0 Å². The van der Waals surface area contributed by atoms with Crippen molar-refractivity contribution >= 4 is 17.5 Å². The number of nitrogens with zero attached hydrogens (tertiary/aromatic N) is 1. The standard InChI is InChI=1S/C17H25ClN2O2/c1-2-12-20(15-7-10-19-11-8-15)17(21)9-13-22-16-5-3-14(18)4-6-16/h3-6,15,19H,2,7-13H2,1H3. The van der Waals surface area contributed by atoms with Gasteiger partial charge in [0.1, 0.15) is 5.75 Å². The number of amides is 1. The zero-order chi connectivity index (χ0) is 15.8. The smallest absolute Gasteiger partial charge is 0.226 e. The summed E-state index contributed by atoms with van der Waals surface area (Å²) >= 11 is 5.84. The SMILES string of the molecule is CCCN(C(=O)CCOc1ccc(Cl)cc1)C1CCNCC1. The van der Waals surface area contributed by atoms with Crippen molar-refractivity contribution in [2.24, 2.45) is 0 Å². The number of piperidine rings is 1. The van der Waals surface area contributed by atoms with E-state index in [0.717, 1.165) is 44.6 Å². The van der Waals surface area contributed by atoms with Gasteiger partial charge in [-0.3, -0.25) is 4.79 Å². The first-order chi connectivity index (χ1) is 10.7. The van der Waals surface area contributed by atoms with Gasteiger partial charge < -0.3 is 15.0 Å². The van der Waals surface area contributed by atoms with E-state index in [2.05, 4.69) is 12.2 Å². The van der Waals surface area contributed by atoms with Crippen LogP contribution in [0, 0.1) is 0 Å². The second-order valence-corrected chi connectivity index (χ2v) is 6.06. The summed E-state index contributed by atoms with van der Waals surface area (Å²) in [6.07, 6.45) is 3.51. The van der Waals surface area contributed by atoms with Crippen molar-refractivity contribution in [1.82, 2.24) is 10.2 Å². The number of benzene rings is 1. The van der Waals surface area contributed by atoms with Gasteiger partial charge in [0.05, 0.1) is 13.0 Å². The summed E-state index contributed by atoms with van der Waals surface area (Å²) in [6.45, 7) is 5.36. The molecule has 0 bridgehead atoms. The Morgan fingerprint density at radius 1 is 1.32 bits per heavy atom. The van der Waals surface area contributed by atoms with Crippen LogP contribution >= 0.6 is 11.6 Å². The highest BCUT2D eigenvalue weighted by molar-refractivity contribution is 6.30. The lowest BCUT2D eigenvalue weighted by Gasteiger charge is -2.34. The third-order valence-corrected chi connectivity index (χ3v) is 4.18. The van der Waals surface area contributed by atoms with Gasteiger partial charge in [-0.25, -0.2) is 0 Å². The van der Waals surface area contributed by atoms with Gasteiger partial charge in [0.15, 0.2) is 0 Å². The van der Waals surface area contributed by atoms with Crippen LogP contribution in [-0.4, -0.2) is 43.1 Å². The molecule has 0 aliphatic carbocycles. The molecule has 0 atom stereocenters. The molecule has 0 saturated carbocycles. The average molecular weight is 325 g/mol. The molecule has 122 valence electrons. The van der Waals surface area contributed by atoms with E-state index in [-0.39, 0.29) is 5.91 Å². The molecule has 5 heteroatoms. The lowest BCUT2D eigenvalue weighted by atomic mass is 10.0. The van der Waals surface area contributed by atoms with E-state index in [1.165, 1.54) is 0 Å². The van der Waals surface area contributed by atoms with Crippen LogP contribution in [0.4, 0.5) is 0 Å². The summed E-state index contributed by atoms with van der Waals surface area (Å²) in [5.74, 6) is 0.948. The van der Waals surface area contributed by atoms with Gasteiger partial charge in [0, 0.05) is 17.6 Å². The van der Waals surface area contributed by atoms with Gasteiger partial charge in [0.2, 0.25) is 5.91 Å². The number of carbonyl (C=O) groups excluding carboxylic acids is 1. The maximum absolute atomic E-state index is 12.5. The topological polar surface area (TPSA) is 41.6 Å². The van der Waals surface area contributed by atoms with Crippen molar-refractivity contribution in [1.29, 1.82) is 0 Å². The van der Waals surface area contributed by atoms with Gasteiger partial charge in [-0.05, 0) is 56.6 Å².